The molecule has 1 unspecified atom stereocenters. The monoisotopic (exact) mass is 315 g/mol. The molecule has 0 aromatic rings. The summed E-state index contributed by atoms with van der Waals surface area (Å²) < 4.78 is 48.4. The lowest BCUT2D eigenvalue weighted by Gasteiger charge is -2.16. The molecule has 114 valence electrons. The molecule has 0 aliphatic heterocycles. The first kappa shape index (κ1) is 18.3. The SMILES string of the molecule is CC(C)CCS(=O)(=O)NC(CCC(=O)O)S(C)(=O)=O. The van der Waals surface area contributed by atoms with Crippen molar-refractivity contribution in [1.82, 2.24) is 4.72 Å². The normalized spacial score (nSPS) is 14.5. The Hall–Kier alpha value is -0.670. The van der Waals surface area contributed by atoms with Crippen molar-refractivity contribution in [3.05, 3.63) is 0 Å². The van der Waals surface area contributed by atoms with Gasteiger partial charge in [0.15, 0.2) is 9.84 Å². The number of carbonyl (C=O) groups is 1. The summed E-state index contributed by atoms with van der Waals surface area (Å²) in [5.74, 6) is -1.17. The van der Waals surface area contributed by atoms with Gasteiger partial charge in [-0.2, -0.15) is 4.72 Å². The van der Waals surface area contributed by atoms with Crippen molar-refractivity contribution in [3.63, 3.8) is 0 Å². The Morgan fingerprint density at radius 2 is 1.68 bits per heavy atom. The molecule has 0 amide bonds. The maximum atomic E-state index is 11.7. The van der Waals surface area contributed by atoms with Crippen LogP contribution >= 0.6 is 0 Å². The molecule has 0 heterocycles. The Morgan fingerprint density at radius 3 is 2.05 bits per heavy atom. The van der Waals surface area contributed by atoms with Crippen LogP contribution in [0, 0.1) is 5.92 Å². The quantitative estimate of drug-likeness (QED) is 0.627. The average molecular weight is 315 g/mol. The second kappa shape index (κ2) is 7.20. The fourth-order valence-electron chi connectivity index (χ4n) is 1.27. The zero-order chi connectivity index (χ0) is 15.3. The molecule has 0 saturated heterocycles. The summed E-state index contributed by atoms with van der Waals surface area (Å²) >= 11 is 0. The van der Waals surface area contributed by atoms with Crippen molar-refractivity contribution in [1.29, 1.82) is 0 Å². The second-order valence-corrected chi connectivity index (χ2v) is 8.97. The molecule has 2 N–H and O–H groups in total. The molecule has 1 atom stereocenters. The summed E-state index contributed by atoms with van der Waals surface area (Å²) in [6.07, 6.45) is 0.592. The average Bonchev–Trinajstić information content (AvgIpc) is 2.19. The van der Waals surface area contributed by atoms with Gasteiger partial charge in [0.2, 0.25) is 10.0 Å². The van der Waals surface area contributed by atoms with Gasteiger partial charge in [-0.3, -0.25) is 4.79 Å². The predicted molar refractivity (Wildman–Crippen MR) is 71.9 cm³/mol. The van der Waals surface area contributed by atoms with Crippen molar-refractivity contribution in [2.75, 3.05) is 12.0 Å². The van der Waals surface area contributed by atoms with Crippen LogP contribution in [-0.2, 0) is 24.7 Å². The summed E-state index contributed by atoms with van der Waals surface area (Å²) in [6, 6.07) is 0. The topological polar surface area (TPSA) is 118 Å². The molecule has 19 heavy (non-hydrogen) atoms. The Labute approximate surface area is 114 Å². The minimum atomic E-state index is -3.73. The molecular formula is C10H21NO6S2. The summed E-state index contributed by atoms with van der Waals surface area (Å²) in [5, 5.41) is 7.14. The summed E-state index contributed by atoms with van der Waals surface area (Å²) in [4.78, 5) is 10.4. The molecule has 0 bridgehead atoms. The maximum absolute atomic E-state index is 11.7. The molecule has 0 spiro atoms. The molecule has 0 rings (SSSR count). The molecule has 0 aromatic heterocycles. The van der Waals surface area contributed by atoms with Crippen LogP contribution in [0.2, 0.25) is 0 Å². The molecule has 0 radical (unpaired) electrons. The number of hydrogen-bond acceptors (Lipinski definition) is 5. The maximum Gasteiger partial charge on any atom is 0.303 e. The minimum absolute atomic E-state index is 0.173. The molecule has 0 aliphatic carbocycles. The van der Waals surface area contributed by atoms with Gasteiger partial charge in [-0.25, -0.2) is 16.8 Å². The van der Waals surface area contributed by atoms with Gasteiger partial charge in [0.25, 0.3) is 0 Å². The Kier molecular flexibility index (Phi) is 6.95. The Bertz CT molecular complexity index is 494. The van der Waals surface area contributed by atoms with Crippen molar-refractivity contribution >= 4 is 25.8 Å². The van der Waals surface area contributed by atoms with Gasteiger partial charge >= 0.3 is 5.97 Å². The number of nitrogens with one attached hydrogen (secondary N) is 1. The van der Waals surface area contributed by atoms with Gasteiger partial charge in [-0.1, -0.05) is 13.8 Å². The van der Waals surface area contributed by atoms with E-state index >= 15 is 0 Å². The van der Waals surface area contributed by atoms with E-state index in [1.54, 1.807) is 0 Å². The van der Waals surface area contributed by atoms with Crippen molar-refractivity contribution in [2.45, 2.75) is 38.5 Å². The van der Waals surface area contributed by atoms with Crippen LogP contribution in [-0.4, -0.2) is 45.3 Å². The van der Waals surface area contributed by atoms with Crippen molar-refractivity contribution in [2.24, 2.45) is 5.92 Å². The molecule has 0 fully saturated rings. The standard InChI is InChI=1S/C10H21NO6S2/c1-8(2)6-7-19(16,17)11-9(18(3,14)15)4-5-10(12)13/h8-9,11H,4-7H2,1-3H3,(H,12,13). The molecule has 0 aromatic carbocycles. The number of carboxylic acids is 1. The zero-order valence-corrected chi connectivity index (χ0v) is 12.9. The smallest absolute Gasteiger partial charge is 0.303 e. The van der Waals surface area contributed by atoms with Crippen LogP contribution in [0.3, 0.4) is 0 Å². The number of sulfonamides is 1. The highest BCUT2D eigenvalue weighted by molar-refractivity contribution is 7.93. The number of sulfone groups is 1. The number of aliphatic carboxylic acids is 1. The van der Waals surface area contributed by atoms with Crippen LogP contribution in [0.25, 0.3) is 0 Å². The van der Waals surface area contributed by atoms with Gasteiger partial charge in [-0.05, 0) is 18.8 Å². The lowest BCUT2D eigenvalue weighted by molar-refractivity contribution is -0.137. The van der Waals surface area contributed by atoms with Crippen molar-refractivity contribution < 1.29 is 26.7 Å². The highest BCUT2D eigenvalue weighted by Gasteiger charge is 2.26. The zero-order valence-electron chi connectivity index (χ0n) is 11.3. The first-order valence-electron chi connectivity index (χ1n) is 5.84. The first-order valence-corrected chi connectivity index (χ1v) is 9.45. The van der Waals surface area contributed by atoms with Crippen LogP contribution in [0.5, 0.6) is 0 Å². The lowest BCUT2D eigenvalue weighted by atomic mass is 10.2. The lowest BCUT2D eigenvalue weighted by Crippen LogP contribution is -2.41. The van der Waals surface area contributed by atoms with Crippen LogP contribution < -0.4 is 4.72 Å². The summed E-state index contributed by atoms with van der Waals surface area (Å²) in [7, 11) is -7.41. The van der Waals surface area contributed by atoms with Crippen LogP contribution in [0.1, 0.15) is 33.1 Å². The highest BCUT2D eigenvalue weighted by atomic mass is 32.2. The Balaban J connectivity index is 4.77. The molecule has 0 aliphatic rings. The Morgan fingerprint density at radius 1 is 1.16 bits per heavy atom. The second-order valence-electron chi connectivity index (χ2n) is 4.87. The number of hydrogen-bond donors (Lipinski definition) is 2. The third-order valence-corrected chi connectivity index (χ3v) is 5.37. The largest absolute Gasteiger partial charge is 0.481 e. The van der Waals surface area contributed by atoms with E-state index in [2.05, 4.69) is 4.72 Å². The summed E-state index contributed by atoms with van der Waals surface area (Å²) in [6.45, 7) is 3.71. The minimum Gasteiger partial charge on any atom is -0.481 e. The van der Waals surface area contributed by atoms with E-state index in [4.69, 9.17) is 5.11 Å². The molecule has 9 heteroatoms. The van der Waals surface area contributed by atoms with Crippen LogP contribution in [0.4, 0.5) is 0 Å². The van der Waals surface area contributed by atoms with E-state index < -0.39 is 37.6 Å². The third-order valence-electron chi connectivity index (χ3n) is 2.41. The van der Waals surface area contributed by atoms with E-state index in [0.29, 0.717) is 6.42 Å². The van der Waals surface area contributed by atoms with Crippen LogP contribution in [0.15, 0.2) is 0 Å². The fourth-order valence-corrected chi connectivity index (χ4v) is 4.37. The van der Waals surface area contributed by atoms with Crippen molar-refractivity contribution in [3.8, 4) is 0 Å². The van der Waals surface area contributed by atoms with Gasteiger partial charge in [0.1, 0.15) is 5.37 Å². The fraction of sp³-hybridized carbons (Fsp3) is 0.900. The molecular weight excluding hydrogens is 294 g/mol. The molecule has 7 nitrogen and oxygen atoms in total. The number of rotatable bonds is 9. The highest BCUT2D eigenvalue weighted by Crippen LogP contribution is 2.09. The van der Waals surface area contributed by atoms with Gasteiger partial charge in [0, 0.05) is 12.7 Å². The molecule has 0 saturated carbocycles. The predicted octanol–water partition coefficient (Wildman–Crippen LogP) is 0.187. The van der Waals surface area contributed by atoms with E-state index in [0.717, 1.165) is 6.26 Å². The van der Waals surface area contributed by atoms with E-state index in [-0.39, 0.29) is 18.1 Å². The van der Waals surface area contributed by atoms with E-state index in [1.807, 2.05) is 13.8 Å². The van der Waals surface area contributed by atoms with Gasteiger partial charge < -0.3 is 5.11 Å². The van der Waals surface area contributed by atoms with Gasteiger partial charge in [-0.15, -0.1) is 0 Å². The van der Waals surface area contributed by atoms with E-state index in [9.17, 15) is 21.6 Å². The van der Waals surface area contributed by atoms with Gasteiger partial charge in [0.05, 0.1) is 5.75 Å². The summed E-state index contributed by atoms with van der Waals surface area (Å²) in [5.41, 5.74) is 0. The number of carboxylic acid groups (broad SMARTS) is 1. The third kappa shape index (κ3) is 8.95. The first-order chi connectivity index (χ1) is 8.44. The van der Waals surface area contributed by atoms with E-state index in [1.165, 1.54) is 0 Å².